The minimum Gasteiger partial charge on any atom is -0.396 e. The second-order valence-electron chi connectivity index (χ2n) is 4.70. The van der Waals surface area contributed by atoms with Crippen LogP contribution in [-0.2, 0) is 0 Å². The Labute approximate surface area is 118 Å². The van der Waals surface area contributed by atoms with Crippen LogP contribution in [0, 0.1) is 5.41 Å². The van der Waals surface area contributed by atoms with Crippen molar-refractivity contribution in [3.8, 4) is 0 Å². The Morgan fingerprint density at radius 2 is 2.06 bits per heavy atom. The molecule has 1 aromatic rings. The van der Waals surface area contributed by atoms with E-state index in [1.807, 2.05) is 6.07 Å². The van der Waals surface area contributed by atoms with Crippen molar-refractivity contribution in [1.82, 2.24) is 4.98 Å². The summed E-state index contributed by atoms with van der Waals surface area (Å²) in [5.41, 5.74) is 0.0498. The van der Waals surface area contributed by atoms with Crippen molar-refractivity contribution in [2.75, 3.05) is 18.5 Å². The molecule has 1 fully saturated rings. The van der Waals surface area contributed by atoms with Crippen molar-refractivity contribution < 1.29 is 5.11 Å². The van der Waals surface area contributed by atoms with Gasteiger partial charge in [0.2, 0.25) is 0 Å². The molecule has 0 atom stereocenters. The van der Waals surface area contributed by atoms with Gasteiger partial charge in [-0.2, -0.15) is 0 Å². The summed E-state index contributed by atoms with van der Waals surface area (Å²) in [6, 6.07) is 1.97. The van der Waals surface area contributed by atoms with Crippen LogP contribution in [0.15, 0.2) is 21.2 Å². The van der Waals surface area contributed by atoms with Gasteiger partial charge in [0.1, 0.15) is 5.82 Å². The van der Waals surface area contributed by atoms with E-state index >= 15 is 0 Å². The maximum Gasteiger partial charge on any atom is 0.140 e. The molecular formula is C12H16Br2N2O. The number of aromatic nitrogens is 1. The van der Waals surface area contributed by atoms with Gasteiger partial charge in [0.05, 0.1) is 11.1 Å². The summed E-state index contributed by atoms with van der Waals surface area (Å²) in [5.74, 6) is 0.841. The van der Waals surface area contributed by atoms with Crippen LogP contribution in [0.4, 0.5) is 5.82 Å². The molecule has 0 bridgehead atoms. The van der Waals surface area contributed by atoms with Gasteiger partial charge < -0.3 is 10.4 Å². The van der Waals surface area contributed by atoms with Crippen molar-refractivity contribution in [2.24, 2.45) is 5.41 Å². The normalized spacial score (nSPS) is 18.3. The first kappa shape index (κ1) is 13.3. The molecule has 0 aromatic carbocycles. The predicted octanol–water partition coefficient (Wildman–Crippen LogP) is 3.57. The van der Waals surface area contributed by atoms with Crippen LogP contribution in [0.2, 0.25) is 0 Å². The minimum atomic E-state index is 0.0498. The van der Waals surface area contributed by atoms with E-state index in [2.05, 4.69) is 42.2 Å². The lowest BCUT2D eigenvalue weighted by Gasteiger charge is -2.27. The van der Waals surface area contributed by atoms with Crippen LogP contribution >= 0.6 is 31.9 Å². The standard InChI is InChI=1S/C12H16Br2N2O/c13-9-5-10(14)11(15-6-9)16-7-12(8-17)3-1-2-4-12/h5-6,17H,1-4,7-8H2,(H,15,16). The SMILES string of the molecule is OCC1(CNc2ncc(Br)cc2Br)CCCC1. The average molecular weight is 364 g/mol. The molecule has 0 radical (unpaired) electrons. The smallest absolute Gasteiger partial charge is 0.140 e. The molecule has 94 valence electrons. The van der Waals surface area contributed by atoms with E-state index in [9.17, 15) is 5.11 Å². The number of nitrogens with one attached hydrogen (secondary N) is 1. The molecule has 2 N–H and O–H groups in total. The lowest BCUT2D eigenvalue weighted by molar-refractivity contribution is 0.142. The van der Waals surface area contributed by atoms with E-state index < -0.39 is 0 Å². The monoisotopic (exact) mass is 362 g/mol. The van der Waals surface area contributed by atoms with Crippen LogP contribution in [-0.4, -0.2) is 23.2 Å². The number of hydrogen-bond acceptors (Lipinski definition) is 3. The third-order valence-corrected chi connectivity index (χ3v) is 4.48. The van der Waals surface area contributed by atoms with Gasteiger partial charge in [-0.1, -0.05) is 12.8 Å². The van der Waals surface area contributed by atoms with Crippen LogP contribution < -0.4 is 5.32 Å². The molecular weight excluding hydrogens is 348 g/mol. The first-order valence-electron chi connectivity index (χ1n) is 5.81. The highest BCUT2D eigenvalue weighted by Crippen LogP contribution is 2.38. The molecule has 2 rings (SSSR count). The molecule has 1 aliphatic carbocycles. The first-order valence-corrected chi connectivity index (χ1v) is 7.40. The van der Waals surface area contributed by atoms with Gasteiger partial charge in [-0.25, -0.2) is 4.98 Å². The Morgan fingerprint density at radius 1 is 1.35 bits per heavy atom. The third kappa shape index (κ3) is 3.20. The summed E-state index contributed by atoms with van der Waals surface area (Å²) >= 11 is 6.86. The van der Waals surface area contributed by atoms with Crippen LogP contribution in [0.5, 0.6) is 0 Å². The quantitative estimate of drug-likeness (QED) is 0.859. The minimum absolute atomic E-state index is 0.0498. The molecule has 3 nitrogen and oxygen atoms in total. The lowest BCUT2D eigenvalue weighted by Crippen LogP contribution is -2.30. The predicted molar refractivity (Wildman–Crippen MR) is 76.1 cm³/mol. The summed E-state index contributed by atoms with van der Waals surface area (Å²) < 4.78 is 1.89. The lowest BCUT2D eigenvalue weighted by atomic mass is 9.87. The molecule has 1 heterocycles. The Kier molecular flexibility index (Phi) is 4.44. The number of pyridine rings is 1. The molecule has 0 spiro atoms. The average Bonchev–Trinajstić information content (AvgIpc) is 2.77. The summed E-state index contributed by atoms with van der Waals surface area (Å²) in [5, 5.41) is 12.9. The molecule has 1 saturated carbocycles. The van der Waals surface area contributed by atoms with Crippen LogP contribution in [0.25, 0.3) is 0 Å². The summed E-state index contributed by atoms with van der Waals surface area (Å²) in [7, 11) is 0. The fourth-order valence-corrected chi connectivity index (χ4v) is 3.46. The van der Waals surface area contributed by atoms with Gasteiger partial charge in [0, 0.05) is 22.6 Å². The van der Waals surface area contributed by atoms with E-state index in [0.29, 0.717) is 0 Å². The number of nitrogens with zero attached hydrogens (tertiary/aromatic N) is 1. The van der Waals surface area contributed by atoms with Gasteiger partial charge in [-0.05, 0) is 50.8 Å². The van der Waals surface area contributed by atoms with Gasteiger partial charge in [0.15, 0.2) is 0 Å². The molecule has 0 aliphatic heterocycles. The maximum absolute atomic E-state index is 9.53. The van der Waals surface area contributed by atoms with Crippen molar-refractivity contribution in [3.05, 3.63) is 21.2 Å². The zero-order chi connectivity index (χ0) is 12.3. The van der Waals surface area contributed by atoms with Gasteiger partial charge in [0.25, 0.3) is 0 Å². The van der Waals surface area contributed by atoms with Crippen molar-refractivity contribution in [3.63, 3.8) is 0 Å². The van der Waals surface area contributed by atoms with E-state index in [4.69, 9.17) is 0 Å². The van der Waals surface area contributed by atoms with Gasteiger partial charge >= 0.3 is 0 Å². The number of halogens is 2. The van der Waals surface area contributed by atoms with Gasteiger partial charge in [-0.15, -0.1) is 0 Å². The molecule has 0 unspecified atom stereocenters. The zero-order valence-electron chi connectivity index (χ0n) is 9.55. The summed E-state index contributed by atoms with van der Waals surface area (Å²) in [4.78, 5) is 4.32. The number of aliphatic hydroxyl groups excluding tert-OH is 1. The van der Waals surface area contributed by atoms with Crippen molar-refractivity contribution in [1.29, 1.82) is 0 Å². The van der Waals surface area contributed by atoms with E-state index in [0.717, 1.165) is 34.1 Å². The second-order valence-corrected chi connectivity index (χ2v) is 6.47. The second kappa shape index (κ2) is 5.67. The maximum atomic E-state index is 9.53. The number of aliphatic hydroxyl groups is 1. The highest BCUT2D eigenvalue weighted by molar-refractivity contribution is 9.11. The Balaban J connectivity index is 2.01. The fourth-order valence-electron chi connectivity index (χ4n) is 2.33. The summed E-state index contributed by atoms with van der Waals surface area (Å²) in [6.45, 7) is 1.05. The van der Waals surface area contributed by atoms with Crippen molar-refractivity contribution >= 4 is 37.7 Å². The first-order chi connectivity index (χ1) is 8.15. The van der Waals surface area contributed by atoms with E-state index in [1.54, 1.807) is 6.20 Å². The van der Waals surface area contributed by atoms with E-state index in [1.165, 1.54) is 12.8 Å². The topological polar surface area (TPSA) is 45.1 Å². The van der Waals surface area contributed by atoms with Crippen molar-refractivity contribution in [2.45, 2.75) is 25.7 Å². The Hall–Kier alpha value is -0.130. The van der Waals surface area contributed by atoms with E-state index in [-0.39, 0.29) is 12.0 Å². The molecule has 1 aliphatic rings. The Morgan fingerprint density at radius 3 is 2.65 bits per heavy atom. The molecule has 0 saturated heterocycles. The van der Waals surface area contributed by atoms with Crippen LogP contribution in [0.1, 0.15) is 25.7 Å². The van der Waals surface area contributed by atoms with Gasteiger partial charge in [-0.3, -0.25) is 0 Å². The molecule has 0 amide bonds. The summed E-state index contributed by atoms with van der Waals surface area (Å²) in [6.07, 6.45) is 6.41. The molecule has 17 heavy (non-hydrogen) atoms. The number of hydrogen-bond donors (Lipinski definition) is 2. The zero-order valence-corrected chi connectivity index (χ0v) is 12.7. The fraction of sp³-hybridized carbons (Fsp3) is 0.583. The Bertz CT molecular complexity index is 392. The largest absolute Gasteiger partial charge is 0.396 e. The highest BCUT2D eigenvalue weighted by Gasteiger charge is 2.33. The molecule has 1 aromatic heterocycles. The highest BCUT2D eigenvalue weighted by atomic mass is 79.9. The molecule has 5 heteroatoms. The van der Waals surface area contributed by atoms with Crippen LogP contribution in [0.3, 0.4) is 0 Å². The number of rotatable bonds is 4. The third-order valence-electron chi connectivity index (χ3n) is 3.44. The number of anilines is 1.